The van der Waals surface area contributed by atoms with E-state index >= 15 is 0 Å². The van der Waals surface area contributed by atoms with Crippen LogP contribution in [0, 0.1) is 22.7 Å². The van der Waals surface area contributed by atoms with Crippen LogP contribution in [0.5, 0.6) is 0 Å². The quantitative estimate of drug-likeness (QED) is 0.0657. The van der Waals surface area contributed by atoms with Crippen LogP contribution >= 0.6 is 0 Å². The molecule has 63 heavy (non-hydrogen) atoms. The summed E-state index contributed by atoms with van der Waals surface area (Å²) in [5, 5.41) is 38.8. The number of aliphatic hydroxyl groups excluding tert-OH is 2. The van der Waals surface area contributed by atoms with Gasteiger partial charge < -0.3 is 53.8 Å². The first-order valence-electron chi connectivity index (χ1n) is 21.7. The molecular weight excluding hydrogens is 819 g/mol. The number of rotatable bonds is 17. The molecule has 9 unspecified atom stereocenters. The van der Waals surface area contributed by atoms with Crippen LogP contribution in [0.4, 0.5) is 4.79 Å². The molecule has 1 saturated carbocycles. The SMILES string of the molecule is C=CC(O)OC(CC1CCO1)C1(C)C[C@@H](OC(C)=O)C2=C(C)[C@@H](OC(=O)C(O)C(CC(C)C)NC(=O)OC(C)(C)C)CC(O)(C(OC(=O)c3ccccc3)C1COC(C)=O)C2(C)C. The molecule has 2 bridgehead atoms. The van der Waals surface area contributed by atoms with Gasteiger partial charge >= 0.3 is 30.0 Å². The van der Waals surface area contributed by atoms with Gasteiger partial charge in [-0.15, -0.1) is 0 Å². The highest BCUT2D eigenvalue weighted by Crippen LogP contribution is 2.60. The molecule has 16 heteroatoms. The number of fused-ring (bicyclic) bond motifs is 2. The lowest BCUT2D eigenvalue weighted by molar-refractivity contribution is -0.246. The third-order valence-electron chi connectivity index (χ3n) is 12.6. The molecule has 1 amide bonds. The number of ether oxygens (including phenoxy) is 7. The van der Waals surface area contributed by atoms with Gasteiger partial charge in [0.1, 0.15) is 29.5 Å². The van der Waals surface area contributed by atoms with Gasteiger partial charge in [-0.2, -0.15) is 0 Å². The average Bonchev–Trinajstić information content (AvgIpc) is 3.15. The van der Waals surface area contributed by atoms with Crippen LogP contribution in [-0.2, 0) is 47.5 Å². The fraction of sp³-hybridized carbons (Fsp3) is 0.681. The monoisotopic (exact) mass is 887 g/mol. The van der Waals surface area contributed by atoms with Crippen molar-refractivity contribution in [2.45, 2.75) is 168 Å². The minimum atomic E-state index is -2.23. The summed E-state index contributed by atoms with van der Waals surface area (Å²) in [4.78, 5) is 67.2. The van der Waals surface area contributed by atoms with Gasteiger partial charge in [0.15, 0.2) is 12.4 Å². The van der Waals surface area contributed by atoms with E-state index in [-0.39, 0.29) is 36.8 Å². The van der Waals surface area contributed by atoms with E-state index in [0.29, 0.717) is 24.2 Å². The molecule has 4 N–H and O–H groups in total. The summed E-state index contributed by atoms with van der Waals surface area (Å²) in [6.07, 6.45) is -7.97. The van der Waals surface area contributed by atoms with Gasteiger partial charge in [0.05, 0.1) is 30.4 Å². The average molecular weight is 888 g/mol. The van der Waals surface area contributed by atoms with Crippen molar-refractivity contribution in [3.05, 3.63) is 59.7 Å². The van der Waals surface area contributed by atoms with Crippen LogP contribution < -0.4 is 5.32 Å². The Labute approximate surface area is 371 Å². The van der Waals surface area contributed by atoms with Crippen molar-refractivity contribution in [1.29, 1.82) is 0 Å². The molecule has 16 nitrogen and oxygen atoms in total. The van der Waals surface area contributed by atoms with Crippen molar-refractivity contribution >= 4 is 30.0 Å². The molecule has 1 aliphatic heterocycles. The van der Waals surface area contributed by atoms with Crippen molar-refractivity contribution in [3.8, 4) is 0 Å². The number of esters is 4. The molecule has 11 atom stereocenters. The molecule has 2 fully saturated rings. The topological polar surface area (TPSA) is 223 Å². The molecule has 3 aliphatic rings. The van der Waals surface area contributed by atoms with Gasteiger partial charge in [0.25, 0.3) is 0 Å². The van der Waals surface area contributed by atoms with Crippen molar-refractivity contribution < 1.29 is 72.5 Å². The Bertz CT molecular complexity index is 1830. The lowest BCUT2D eigenvalue weighted by Gasteiger charge is -2.61. The number of amides is 1. The van der Waals surface area contributed by atoms with Crippen LogP contribution in [0.1, 0.15) is 119 Å². The fourth-order valence-corrected chi connectivity index (χ4v) is 9.29. The van der Waals surface area contributed by atoms with E-state index in [2.05, 4.69) is 11.9 Å². The molecule has 0 spiro atoms. The van der Waals surface area contributed by atoms with Gasteiger partial charge in [-0.3, -0.25) is 9.59 Å². The Morgan fingerprint density at radius 3 is 2.13 bits per heavy atom. The Morgan fingerprint density at radius 2 is 1.60 bits per heavy atom. The summed E-state index contributed by atoms with van der Waals surface area (Å²) < 4.78 is 42.1. The van der Waals surface area contributed by atoms with Crippen LogP contribution in [0.25, 0.3) is 0 Å². The molecule has 352 valence electrons. The second-order valence-corrected chi connectivity index (χ2v) is 19.3. The van der Waals surface area contributed by atoms with Crippen molar-refractivity contribution in [1.82, 2.24) is 5.32 Å². The van der Waals surface area contributed by atoms with Crippen LogP contribution in [0.3, 0.4) is 0 Å². The van der Waals surface area contributed by atoms with Crippen molar-refractivity contribution in [2.75, 3.05) is 13.2 Å². The fourth-order valence-electron chi connectivity index (χ4n) is 9.29. The van der Waals surface area contributed by atoms with Crippen molar-refractivity contribution in [3.63, 3.8) is 0 Å². The van der Waals surface area contributed by atoms with Gasteiger partial charge in [-0.25, -0.2) is 14.4 Å². The summed E-state index contributed by atoms with van der Waals surface area (Å²) in [6.45, 7) is 21.7. The second kappa shape index (κ2) is 20.7. The molecule has 4 rings (SSSR count). The number of carbonyl (C=O) groups excluding carboxylic acids is 5. The summed E-state index contributed by atoms with van der Waals surface area (Å²) in [5.41, 5.74) is -5.05. The Balaban J connectivity index is 1.98. The highest BCUT2D eigenvalue weighted by Gasteiger charge is 2.67. The zero-order valence-corrected chi connectivity index (χ0v) is 38.6. The van der Waals surface area contributed by atoms with Gasteiger partial charge in [0.2, 0.25) is 0 Å². The standard InChI is InChI=1S/C47H69NO15/c1-13-37(51)61-36(22-31-19-20-57-31)46(12)23-35(59-29(6)50)38-27(4)34(60-42(54)39(52)33(21-26(2)3)48-43(55)63-44(7,8)9)24-47(56,45(38,10)11)40(32(46)25-58-28(5)49)62-41(53)30-17-15-14-16-18-30/h13-18,26,31-37,39-40,51-52,56H,1,19-25H2,2-12H3,(H,48,55)/t31?,32?,33?,34-,35+,36?,37?,39?,40?,46?,47?/m0/s1. The second-order valence-electron chi connectivity index (χ2n) is 19.3. The van der Waals surface area contributed by atoms with Crippen LogP contribution in [0.15, 0.2) is 54.1 Å². The largest absolute Gasteiger partial charge is 0.465 e. The summed E-state index contributed by atoms with van der Waals surface area (Å²) in [7, 11) is 0. The first kappa shape index (κ1) is 51.3. The number of hydrogen-bond acceptors (Lipinski definition) is 15. The molecule has 1 heterocycles. The van der Waals surface area contributed by atoms with E-state index < -0.39 is 114 Å². The minimum Gasteiger partial charge on any atom is -0.465 e. The van der Waals surface area contributed by atoms with E-state index in [4.69, 9.17) is 33.2 Å². The highest BCUT2D eigenvalue weighted by atomic mass is 16.6. The highest BCUT2D eigenvalue weighted by molar-refractivity contribution is 5.89. The third-order valence-corrected chi connectivity index (χ3v) is 12.6. The maximum atomic E-state index is 14.3. The maximum Gasteiger partial charge on any atom is 0.407 e. The molecule has 0 aromatic heterocycles. The number of alkyl carbamates (subject to hydrolysis) is 1. The number of nitrogens with one attached hydrogen (secondary N) is 1. The van der Waals surface area contributed by atoms with Crippen molar-refractivity contribution in [2.24, 2.45) is 22.7 Å². The molecule has 0 radical (unpaired) electrons. The lowest BCUT2D eigenvalue weighted by atomic mass is 9.50. The van der Waals surface area contributed by atoms with E-state index in [1.807, 2.05) is 13.8 Å². The predicted molar refractivity (Wildman–Crippen MR) is 229 cm³/mol. The normalized spacial score (nSPS) is 28.7. The van der Waals surface area contributed by atoms with E-state index in [9.17, 15) is 39.3 Å². The Hall–Kier alpha value is -4.35. The van der Waals surface area contributed by atoms with Gasteiger partial charge in [0, 0.05) is 50.0 Å². The first-order valence-corrected chi connectivity index (χ1v) is 21.7. The molecule has 1 saturated heterocycles. The number of aliphatic hydroxyl groups is 3. The van der Waals surface area contributed by atoms with E-state index in [1.165, 1.54) is 19.9 Å². The van der Waals surface area contributed by atoms with Gasteiger partial charge in [-0.1, -0.05) is 59.4 Å². The minimum absolute atomic E-state index is 0.0942. The zero-order valence-electron chi connectivity index (χ0n) is 38.6. The molecule has 1 aromatic carbocycles. The molecule has 2 aliphatic carbocycles. The summed E-state index contributed by atoms with van der Waals surface area (Å²) in [5.74, 6) is -4.59. The first-order chi connectivity index (χ1) is 29.2. The Morgan fingerprint density at radius 1 is 0.968 bits per heavy atom. The maximum absolute atomic E-state index is 14.3. The number of hydrogen-bond donors (Lipinski definition) is 4. The number of benzene rings is 1. The van der Waals surface area contributed by atoms with Crippen LogP contribution in [-0.4, -0.2) is 119 Å². The van der Waals surface area contributed by atoms with E-state index in [1.54, 1.807) is 78.8 Å². The number of carbonyl (C=O) groups is 5. The zero-order chi connectivity index (χ0) is 47.2. The molecule has 1 aromatic rings. The predicted octanol–water partition coefficient (Wildman–Crippen LogP) is 5.49. The Kier molecular flexibility index (Phi) is 16.8. The molecular formula is C47H69NO15. The summed E-state index contributed by atoms with van der Waals surface area (Å²) in [6, 6.07) is 6.95. The third kappa shape index (κ3) is 12.3. The summed E-state index contributed by atoms with van der Waals surface area (Å²) >= 11 is 0. The lowest BCUT2D eigenvalue weighted by Crippen LogP contribution is -2.69. The smallest absolute Gasteiger partial charge is 0.407 e. The van der Waals surface area contributed by atoms with E-state index in [0.717, 1.165) is 0 Å². The van der Waals surface area contributed by atoms with Crippen LogP contribution in [0.2, 0.25) is 0 Å². The van der Waals surface area contributed by atoms with Gasteiger partial charge in [-0.05, 0) is 82.2 Å².